The average Bonchev–Trinajstić information content (AvgIpc) is 3.04. The summed E-state index contributed by atoms with van der Waals surface area (Å²) in [5.74, 6) is 1.39. The molecule has 0 N–H and O–H groups in total. The summed E-state index contributed by atoms with van der Waals surface area (Å²) in [6.45, 7) is 4.46. The van der Waals surface area contributed by atoms with Gasteiger partial charge in [0, 0.05) is 11.5 Å². The van der Waals surface area contributed by atoms with Crippen molar-refractivity contribution in [3.05, 3.63) is 96.1 Å². The van der Waals surface area contributed by atoms with E-state index < -0.39 is 0 Å². The molecule has 0 heterocycles. The Kier molecular flexibility index (Phi) is 16.3. The van der Waals surface area contributed by atoms with E-state index in [2.05, 4.69) is 13.8 Å². The zero-order valence-corrected chi connectivity index (χ0v) is 27.1. The normalized spacial score (nSPS) is 10.9. The zero-order chi connectivity index (χ0) is 29.8. The van der Waals surface area contributed by atoms with Crippen LogP contribution in [0.15, 0.2) is 84.9 Å². The lowest BCUT2D eigenvalue weighted by molar-refractivity contribution is 0.0975. The van der Waals surface area contributed by atoms with E-state index in [-0.39, 0.29) is 11.8 Å². The number of hydrogen-bond acceptors (Lipinski definition) is 4. The highest BCUT2D eigenvalue weighted by Gasteiger charge is 2.27. The fourth-order valence-corrected chi connectivity index (χ4v) is 6.78. The van der Waals surface area contributed by atoms with Crippen LogP contribution in [0.1, 0.15) is 112 Å². The van der Waals surface area contributed by atoms with Crippen LogP contribution in [0.2, 0.25) is 0 Å². The predicted molar refractivity (Wildman–Crippen MR) is 185 cm³/mol. The van der Waals surface area contributed by atoms with Gasteiger partial charge in [0.1, 0.15) is 0 Å². The van der Waals surface area contributed by atoms with Gasteiger partial charge in [0.2, 0.25) is 0 Å². The van der Waals surface area contributed by atoms with Gasteiger partial charge in [-0.05, 0) is 73.1 Å². The first kappa shape index (κ1) is 33.8. The number of carbonyl (C=O) groups is 2. The highest BCUT2D eigenvalue weighted by molar-refractivity contribution is 8.01. The molecule has 0 fully saturated rings. The number of rotatable bonds is 20. The number of nitrogens with zero attached hydrogens (tertiary/aromatic N) is 2. The van der Waals surface area contributed by atoms with Gasteiger partial charge in [-0.3, -0.25) is 18.2 Å². The first-order valence-corrected chi connectivity index (χ1v) is 17.7. The van der Waals surface area contributed by atoms with Crippen molar-refractivity contribution in [3.8, 4) is 0 Å². The van der Waals surface area contributed by atoms with Crippen LogP contribution < -0.4 is 8.61 Å². The summed E-state index contributed by atoms with van der Waals surface area (Å²) in [4.78, 5) is 28.3. The number of unbranched alkanes of at least 4 members (excludes halogenated alkanes) is 10. The molecule has 0 radical (unpaired) electrons. The molecule has 0 aromatic heterocycles. The summed E-state index contributed by atoms with van der Waals surface area (Å²) < 4.78 is 3.54. The molecule has 42 heavy (non-hydrogen) atoms. The molecule has 3 aromatic rings. The van der Waals surface area contributed by atoms with Crippen LogP contribution in [0.25, 0.3) is 0 Å². The fraction of sp³-hybridized carbons (Fsp3) is 0.444. The summed E-state index contributed by atoms with van der Waals surface area (Å²) in [5.41, 5.74) is 2.53. The lowest BCUT2D eigenvalue weighted by atomic mass is 10.1. The maximum absolute atomic E-state index is 14.1. The Labute approximate surface area is 262 Å². The minimum Gasteiger partial charge on any atom is -0.268 e. The van der Waals surface area contributed by atoms with Crippen molar-refractivity contribution < 1.29 is 9.59 Å². The molecule has 3 aromatic carbocycles. The highest BCUT2D eigenvalue weighted by Crippen LogP contribution is 2.30. The van der Waals surface area contributed by atoms with Crippen molar-refractivity contribution in [2.75, 3.05) is 20.1 Å². The first-order valence-electron chi connectivity index (χ1n) is 15.8. The lowest BCUT2D eigenvalue weighted by Crippen LogP contribution is -2.30. The molecule has 226 valence electrons. The molecule has 0 aliphatic carbocycles. The molecule has 0 aliphatic heterocycles. The van der Waals surface area contributed by atoms with E-state index in [1.54, 1.807) is 44.6 Å². The Morgan fingerprint density at radius 2 is 0.810 bits per heavy atom. The quantitative estimate of drug-likeness (QED) is 0.0950. The zero-order valence-electron chi connectivity index (χ0n) is 25.5. The second kappa shape index (κ2) is 20.2. The van der Waals surface area contributed by atoms with Gasteiger partial charge in [-0.15, -0.1) is 0 Å². The lowest BCUT2D eigenvalue weighted by Gasteiger charge is -2.25. The predicted octanol–water partition coefficient (Wildman–Crippen LogP) is 11.0. The third-order valence-corrected chi connectivity index (χ3v) is 9.39. The third kappa shape index (κ3) is 11.2. The molecule has 0 atom stereocenters. The minimum atomic E-state index is -0.157. The highest BCUT2D eigenvalue weighted by atomic mass is 32.2. The van der Waals surface area contributed by atoms with Crippen LogP contribution in [-0.2, 0) is 0 Å². The SMILES string of the molecule is CCCCCCCCSN(C(=O)c1ccccc1C(=O)N(SCCCCCCCC)c1ccccc1)c1ccccc1. The molecule has 0 unspecified atom stereocenters. The van der Waals surface area contributed by atoms with Crippen LogP contribution in [0, 0.1) is 0 Å². The standard InChI is InChI=1S/C36H48N2O2S2/c1-3-5-7-9-11-21-29-41-37(31-23-15-13-16-24-31)35(39)33-27-19-20-28-34(33)36(40)38(32-25-17-14-18-26-32)42-30-22-12-10-8-6-4-2/h13-20,23-28H,3-12,21-22,29-30H2,1-2H3. The molecular formula is C36H48N2O2S2. The molecule has 0 saturated carbocycles. The number of para-hydroxylation sites is 2. The molecule has 0 saturated heterocycles. The van der Waals surface area contributed by atoms with E-state index in [9.17, 15) is 9.59 Å². The minimum absolute atomic E-state index is 0.157. The summed E-state index contributed by atoms with van der Waals surface area (Å²) in [7, 11) is 0. The molecule has 0 spiro atoms. The van der Waals surface area contributed by atoms with Crippen molar-refractivity contribution in [1.82, 2.24) is 0 Å². The molecule has 6 heteroatoms. The third-order valence-electron chi connectivity index (χ3n) is 7.17. The first-order chi connectivity index (χ1) is 20.7. The van der Waals surface area contributed by atoms with E-state index in [1.807, 2.05) is 72.8 Å². The molecular weight excluding hydrogens is 557 g/mol. The van der Waals surface area contributed by atoms with Gasteiger partial charge in [0.25, 0.3) is 11.8 Å². The van der Waals surface area contributed by atoms with E-state index in [0.29, 0.717) is 11.1 Å². The summed E-state index contributed by atoms with van der Waals surface area (Å²) >= 11 is 3.09. The number of anilines is 2. The van der Waals surface area contributed by atoms with Gasteiger partial charge in [-0.1, -0.05) is 127 Å². The number of amides is 2. The van der Waals surface area contributed by atoms with E-state index in [0.717, 1.165) is 35.7 Å². The van der Waals surface area contributed by atoms with Gasteiger partial charge in [-0.2, -0.15) is 0 Å². The number of benzene rings is 3. The maximum Gasteiger partial charge on any atom is 0.269 e. The molecule has 2 amide bonds. The van der Waals surface area contributed by atoms with Crippen LogP contribution in [0.4, 0.5) is 11.4 Å². The van der Waals surface area contributed by atoms with Crippen LogP contribution in [0.5, 0.6) is 0 Å². The maximum atomic E-state index is 14.1. The van der Waals surface area contributed by atoms with Crippen LogP contribution >= 0.6 is 23.9 Å². The summed E-state index contributed by atoms with van der Waals surface area (Å²) in [6, 6.07) is 26.9. The smallest absolute Gasteiger partial charge is 0.268 e. The van der Waals surface area contributed by atoms with E-state index in [4.69, 9.17) is 0 Å². The largest absolute Gasteiger partial charge is 0.269 e. The van der Waals surface area contributed by atoms with E-state index >= 15 is 0 Å². The molecule has 3 rings (SSSR count). The van der Waals surface area contributed by atoms with Gasteiger partial charge in [-0.25, -0.2) is 0 Å². The van der Waals surface area contributed by atoms with Gasteiger partial charge < -0.3 is 0 Å². The number of hydrogen-bond donors (Lipinski definition) is 0. The Balaban J connectivity index is 1.78. The second-order valence-corrected chi connectivity index (χ2v) is 12.7. The summed E-state index contributed by atoms with van der Waals surface area (Å²) in [6.07, 6.45) is 14.5. The van der Waals surface area contributed by atoms with Crippen LogP contribution in [0.3, 0.4) is 0 Å². The summed E-state index contributed by atoms with van der Waals surface area (Å²) in [5, 5.41) is 0. The Hall–Kier alpha value is -2.70. The Morgan fingerprint density at radius 1 is 0.476 bits per heavy atom. The fourth-order valence-electron chi connectivity index (χ4n) is 4.78. The monoisotopic (exact) mass is 604 g/mol. The van der Waals surface area contributed by atoms with E-state index in [1.165, 1.54) is 64.2 Å². The van der Waals surface area contributed by atoms with Gasteiger partial charge in [0.15, 0.2) is 0 Å². The van der Waals surface area contributed by atoms with Gasteiger partial charge in [0.05, 0.1) is 22.5 Å². The molecule has 0 aliphatic rings. The van der Waals surface area contributed by atoms with Crippen molar-refractivity contribution in [3.63, 3.8) is 0 Å². The molecule has 0 bridgehead atoms. The van der Waals surface area contributed by atoms with Crippen molar-refractivity contribution >= 4 is 47.1 Å². The topological polar surface area (TPSA) is 40.6 Å². The van der Waals surface area contributed by atoms with Crippen molar-refractivity contribution in [1.29, 1.82) is 0 Å². The van der Waals surface area contributed by atoms with Crippen LogP contribution in [-0.4, -0.2) is 23.3 Å². The Bertz CT molecular complexity index is 1080. The van der Waals surface area contributed by atoms with Crippen molar-refractivity contribution in [2.45, 2.75) is 90.9 Å². The average molecular weight is 605 g/mol. The molecule has 4 nitrogen and oxygen atoms in total. The van der Waals surface area contributed by atoms with Crippen molar-refractivity contribution in [2.24, 2.45) is 0 Å². The Morgan fingerprint density at radius 3 is 1.19 bits per heavy atom. The number of carbonyl (C=O) groups excluding carboxylic acids is 2. The second-order valence-electron chi connectivity index (χ2n) is 10.6. The van der Waals surface area contributed by atoms with Gasteiger partial charge >= 0.3 is 0 Å².